The van der Waals surface area contributed by atoms with Crippen LogP contribution in [0.25, 0.3) is 5.76 Å². The van der Waals surface area contributed by atoms with E-state index in [1.165, 1.54) is 36.8 Å². The van der Waals surface area contributed by atoms with Gasteiger partial charge in [-0.3, -0.25) is 19.3 Å². The maximum absolute atomic E-state index is 14.2. The van der Waals surface area contributed by atoms with Gasteiger partial charge in [-0.2, -0.15) is 11.8 Å². The average molecular weight is 601 g/mol. The lowest BCUT2D eigenvalue weighted by Crippen LogP contribution is -2.70. The first-order chi connectivity index (χ1) is 19.3. The molecular weight excluding hydrogens is 572 g/mol. The number of likely N-dealkylation sites (N-methyl/N-ethyl adjacent to an activating group) is 1. The molecule has 0 aliphatic heterocycles. The summed E-state index contributed by atoms with van der Waals surface area (Å²) in [4.78, 5) is 41.1. The molecule has 1 fully saturated rings. The van der Waals surface area contributed by atoms with Gasteiger partial charge in [-0.05, 0) is 43.4 Å². The van der Waals surface area contributed by atoms with Crippen LogP contribution in [0.5, 0.6) is 5.75 Å². The number of fused-ring (bicyclic) bond motifs is 3. The number of ketones is 2. The summed E-state index contributed by atoms with van der Waals surface area (Å²) in [6.45, 7) is 0. The minimum absolute atomic E-state index is 0.0342. The van der Waals surface area contributed by atoms with Gasteiger partial charge >= 0.3 is 0 Å². The number of phenolic OH excluding ortho intramolecular Hbond substituents is 1. The standard InChI is InChI=1S/C29H29ClN2O8S/c1-32(2)22-21-24(35)18-15(11-41-10-12-6-8-13(30)9-7-12)14-4-3-5-16(33)17(14)23(34)19(18)26(37)29(21,40)27(38)20(25(22)36)28(31)39/h3-9,15,18,21-22,24,33-35,38,40H,10-11H2,1-2H3,(H2,31,39)/t15-,18?,21?,22-,24-,29-/m0/s1. The van der Waals surface area contributed by atoms with E-state index >= 15 is 0 Å². The van der Waals surface area contributed by atoms with Crippen molar-refractivity contribution in [1.82, 2.24) is 4.90 Å². The maximum Gasteiger partial charge on any atom is 0.255 e. The predicted molar refractivity (Wildman–Crippen MR) is 152 cm³/mol. The number of nitrogens with zero attached hydrogens (tertiary/aromatic N) is 1. The minimum Gasteiger partial charge on any atom is -0.508 e. The number of aliphatic hydroxyl groups is 4. The quantitative estimate of drug-likeness (QED) is 0.268. The maximum atomic E-state index is 14.2. The van der Waals surface area contributed by atoms with Gasteiger partial charge in [0.25, 0.3) is 5.91 Å². The molecule has 0 aromatic heterocycles. The largest absolute Gasteiger partial charge is 0.508 e. The number of thioether (sulfide) groups is 1. The monoisotopic (exact) mass is 600 g/mol. The van der Waals surface area contributed by atoms with Crippen LogP contribution in [0.3, 0.4) is 0 Å². The number of Topliss-reactive ketones (excluding diaryl/α,β-unsaturated/α-hetero) is 2. The zero-order valence-corrected chi connectivity index (χ0v) is 23.7. The summed E-state index contributed by atoms with van der Waals surface area (Å²) in [5.41, 5.74) is 2.46. The zero-order chi connectivity index (χ0) is 30.0. The Balaban J connectivity index is 1.67. The number of halogens is 1. The van der Waals surface area contributed by atoms with Crippen molar-refractivity contribution in [2.45, 2.75) is 29.4 Å². The summed E-state index contributed by atoms with van der Waals surface area (Å²) < 4.78 is 0. The third kappa shape index (κ3) is 4.34. The van der Waals surface area contributed by atoms with Crippen molar-refractivity contribution >= 4 is 46.6 Å². The molecule has 10 nitrogen and oxygen atoms in total. The zero-order valence-electron chi connectivity index (χ0n) is 22.1. The van der Waals surface area contributed by atoms with Gasteiger partial charge in [0.2, 0.25) is 5.78 Å². The molecule has 5 rings (SSSR count). The summed E-state index contributed by atoms with van der Waals surface area (Å²) in [5.74, 6) is -8.27. The highest BCUT2D eigenvalue weighted by molar-refractivity contribution is 7.98. The summed E-state index contributed by atoms with van der Waals surface area (Å²) in [7, 11) is 2.94. The molecule has 216 valence electrons. The third-order valence-corrected chi connectivity index (χ3v) is 9.66. The number of nitrogens with two attached hydrogens (primary N) is 1. The molecule has 0 saturated heterocycles. The molecule has 0 heterocycles. The molecule has 0 radical (unpaired) electrons. The summed E-state index contributed by atoms with van der Waals surface area (Å²) in [6, 6.07) is 10.4. The Kier molecular flexibility index (Phi) is 7.46. The van der Waals surface area contributed by atoms with Crippen LogP contribution in [0.2, 0.25) is 5.02 Å². The minimum atomic E-state index is -2.95. The molecule has 2 aromatic carbocycles. The topological polar surface area (TPSA) is 182 Å². The van der Waals surface area contributed by atoms with E-state index in [1.54, 1.807) is 24.3 Å². The number of amides is 1. The lowest BCUT2D eigenvalue weighted by Gasteiger charge is -2.54. The van der Waals surface area contributed by atoms with Gasteiger partial charge in [-0.15, -0.1) is 0 Å². The van der Waals surface area contributed by atoms with Gasteiger partial charge in [0.1, 0.15) is 22.8 Å². The average Bonchev–Trinajstić information content (AvgIpc) is 2.90. The lowest BCUT2D eigenvalue weighted by molar-refractivity contribution is -0.169. The Morgan fingerprint density at radius 3 is 2.37 bits per heavy atom. The fourth-order valence-corrected chi connectivity index (χ4v) is 7.79. The number of carbonyl (C=O) groups is 3. The van der Waals surface area contributed by atoms with E-state index < -0.39 is 75.6 Å². The number of carbonyl (C=O) groups excluding carboxylic acids is 3. The summed E-state index contributed by atoms with van der Waals surface area (Å²) in [6.07, 6.45) is -1.65. The lowest BCUT2D eigenvalue weighted by atomic mass is 9.54. The highest BCUT2D eigenvalue weighted by Gasteiger charge is 2.68. The SMILES string of the molecule is CN(C)[C@@H]1C(=O)C(C(N)=O)=C(O)[C@@]2(O)C(=O)C3=C(O)c4c(O)cccc4[C@H](CSCc4ccc(Cl)cc4)C3[C@H](O)C12. The highest BCUT2D eigenvalue weighted by Crippen LogP contribution is 2.56. The van der Waals surface area contributed by atoms with Crippen LogP contribution in [0.15, 0.2) is 59.4 Å². The second-order valence-corrected chi connectivity index (χ2v) is 12.2. The summed E-state index contributed by atoms with van der Waals surface area (Å²) >= 11 is 7.47. The molecule has 7 N–H and O–H groups in total. The van der Waals surface area contributed by atoms with E-state index in [9.17, 15) is 39.9 Å². The Hall–Kier alpha value is -3.35. The third-order valence-electron chi connectivity index (χ3n) is 8.28. The van der Waals surface area contributed by atoms with E-state index in [0.29, 0.717) is 22.1 Å². The number of aromatic hydroxyl groups is 1. The molecule has 3 aliphatic carbocycles. The number of aliphatic hydroxyl groups excluding tert-OH is 3. The van der Waals surface area contributed by atoms with Gasteiger partial charge in [0, 0.05) is 33.9 Å². The first-order valence-corrected chi connectivity index (χ1v) is 14.3. The van der Waals surface area contributed by atoms with Crippen molar-refractivity contribution in [2.75, 3.05) is 19.8 Å². The van der Waals surface area contributed by atoms with Crippen LogP contribution >= 0.6 is 23.4 Å². The molecule has 0 spiro atoms. The predicted octanol–water partition coefficient (Wildman–Crippen LogP) is 2.06. The second-order valence-electron chi connectivity index (χ2n) is 10.7. The first kappa shape index (κ1) is 29.2. The van der Waals surface area contributed by atoms with Crippen molar-refractivity contribution in [3.8, 4) is 5.75 Å². The molecule has 0 bridgehead atoms. The van der Waals surface area contributed by atoms with Crippen molar-refractivity contribution in [2.24, 2.45) is 17.6 Å². The number of hydrogen-bond acceptors (Lipinski definition) is 10. The van der Waals surface area contributed by atoms with Crippen molar-refractivity contribution in [3.05, 3.63) is 81.1 Å². The molecule has 12 heteroatoms. The van der Waals surface area contributed by atoms with Gasteiger partial charge in [0.05, 0.1) is 23.6 Å². The van der Waals surface area contributed by atoms with Crippen molar-refractivity contribution in [1.29, 1.82) is 0 Å². The van der Waals surface area contributed by atoms with Crippen LogP contribution in [0.1, 0.15) is 22.6 Å². The van der Waals surface area contributed by atoms with E-state index in [2.05, 4.69) is 0 Å². The fourth-order valence-electron chi connectivity index (χ4n) is 6.48. The number of benzene rings is 2. The van der Waals surface area contributed by atoms with Crippen LogP contribution in [-0.2, 0) is 20.1 Å². The van der Waals surface area contributed by atoms with Gasteiger partial charge < -0.3 is 31.3 Å². The van der Waals surface area contributed by atoms with Crippen LogP contribution < -0.4 is 5.73 Å². The fraction of sp³-hybridized carbons (Fsp3) is 0.345. The second kappa shape index (κ2) is 10.5. The molecule has 1 amide bonds. The van der Waals surface area contributed by atoms with E-state index in [1.807, 2.05) is 12.1 Å². The summed E-state index contributed by atoms with van der Waals surface area (Å²) in [5, 5.41) is 57.4. The van der Waals surface area contributed by atoms with Crippen molar-refractivity contribution < 1.29 is 39.9 Å². The number of hydrogen-bond donors (Lipinski definition) is 6. The van der Waals surface area contributed by atoms with E-state index in [0.717, 1.165) is 5.56 Å². The molecule has 3 aliphatic rings. The molecule has 1 saturated carbocycles. The van der Waals surface area contributed by atoms with Gasteiger partial charge in [0.15, 0.2) is 11.4 Å². The Morgan fingerprint density at radius 2 is 1.76 bits per heavy atom. The van der Waals surface area contributed by atoms with E-state index in [-0.39, 0.29) is 11.3 Å². The van der Waals surface area contributed by atoms with Gasteiger partial charge in [-0.1, -0.05) is 35.9 Å². The van der Waals surface area contributed by atoms with Gasteiger partial charge in [-0.25, -0.2) is 0 Å². The van der Waals surface area contributed by atoms with E-state index in [4.69, 9.17) is 17.3 Å². The van der Waals surface area contributed by atoms with Crippen molar-refractivity contribution in [3.63, 3.8) is 0 Å². The first-order valence-electron chi connectivity index (χ1n) is 12.8. The Labute approximate surface area is 244 Å². The molecular formula is C29H29ClN2O8S. The number of primary amides is 1. The van der Waals surface area contributed by atoms with Crippen LogP contribution in [-0.4, -0.2) is 85.5 Å². The molecule has 6 atom stereocenters. The smallest absolute Gasteiger partial charge is 0.255 e. The number of phenols is 1. The Bertz CT molecular complexity index is 1520. The van der Waals surface area contributed by atoms with Crippen LogP contribution in [0, 0.1) is 11.8 Å². The number of rotatable bonds is 6. The molecule has 41 heavy (non-hydrogen) atoms. The normalized spacial score (nSPS) is 29.4. The highest BCUT2D eigenvalue weighted by atomic mass is 35.5. The Morgan fingerprint density at radius 1 is 1.10 bits per heavy atom. The molecule has 2 aromatic rings. The van der Waals surface area contributed by atoms with Crippen LogP contribution in [0.4, 0.5) is 0 Å². The molecule has 2 unspecified atom stereocenters.